The van der Waals surface area contributed by atoms with Gasteiger partial charge in [-0.1, -0.05) is 59.2 Å². The Morgan fingerprint density at radius 1 is 1.21 bits per heavy atom. The van der Waals surface area contributed by atoms with E-state index < -0.39 is 53.1 Å². The number of rotatable bonds is 13. The van der Waals surface area contributed by atoms with Crippen LogP contribution in [0.15, 0.2) is 30.9 Å². The number of hydrogen-bond acceptors (Lipinski definition) is 9. The molecule has 0 spiro atoms. The molecular formula is C35H49ClN4O7. The van der Waals surface area contributed by atoms with Crippen molar-refractivity contribution < 1.29 is 33.3 Å². The SMILES string of the molecule is C=CCCCC1CC1(C)OC(=O)N[C@H](C(=O)N1C[C@H](Oc2nc3cc(OC)ccc3nc2Cl)[C@@H](C)[C@H]1C(=O)OCC(C)C)C(C)(C)C. The zero-order chi connectivity index (χ0) is 34.7. The van der Waals surface area contributed by atoms with E-state index in [9.17, 15) is 14.4 Å². The van der Waals surface area contributed by atoms with Crippen molar-refractivity contribution in [3.63, 3.8) is 0 Å². The first-order valence-electron chi connectivity index (χ1n) is 16.3. The third-order valence-corrected chi connectivity index (χ3v) is 9.21. The number of methoxy groups -OCH3 is 1. The fraction of sp³-hybridized carbons (Fsp3) is 0.629. The normalized spacial score (nSPS) is 24.5. The second kappa shape index (κ2) is 14.7. The highest BCUT2D eigenvalue weighted by Gasteiger charge is 2.54. The van der Waals surface area contributed by atoms with Gasteiger partial charge < -0.3 is 29.2 Å². The zero-order valence-electron chi connectivity index (χ0n) is 28.8. The number of nitrogens with zero attached hydrogens (tertiary/aromatic N) is 3. The quantitative estimate of drug-likeness (QED) is 0.147. The van der Waals surface area contributed by atoms with Crippen LogP contribution < -0.4 is 14.8 Å². The molecule has 2 fully saturated rings. The lowest BCUT2D eigenvalue weighted by Gasteiger charge is -2.35. The number of aromatic nitrogens is 2. The number of esters is 1. The molecule has 1 aromatic heterocycles. The number of nitrogens with one attached hydrogen (secondary N) is 1. The number of allylic oxidation sites excluding steroid dienone is 1. The van der Waals surface area contributed by atoms with E-state index in [1.54, 1.807) is 25.3 Å². The van der Waals surface area contributed by atoms with E-state index in [1.807, 2.05) is 54.5 Å². The van der Waals surface area contributed by atoms with E-state index >= 15 is 0 Å². The molecule has 0 radical (unpaired) electrons. The van der Waals surface area contributed by atoms with Gasteiger partial charge in [0, 0.05) is 17.9 Å². The van der Waals surface area contributed by atoms with Gasteiger partial charge in [0.05, 0.1) is 31.3 Å². The highest BCUT2D eigenvalue weighted by atomic mass is 35.5. The summed E-state index contributed by atoms with van der Waals surface area (Å²) in [6.07, 6.45) is 4.13. The molecule has 1 aliphatic heterocycles. The van der Waals surface area contributed by atoms with Gasteiger partial charge >= 0.3 is 12.1 Å². The van der Waals surface area contributed by atoms with E-state index in [2.05, 4.69) is 21.9 Å². The van der Waals surface area contributed by atoms with Crippen molar-refractivity contribution >= 4 is 40.6 Å². The summed E-state index contributed by atoms with van der Waals surface area (Å²) in [7, 11) is 1.56. The number of unbranched alkanes of at least 4 members (excludes halogenated alkanes) is 1. The van der Waals surface area contributed by atoms with Gasteiger partial charge in [0.1, 0.15) is 29.5 Å². The second-order valence-corrected chi connectivity index (χ2v) is 14.8. The number of ether oxygens (including phenoxy) is 4. The summed E-state index contributed by atoms with van der Waals surface area (Å²) in [4.78, 5) is 51.6. The van der Waals surface area contributed by atoms with Crippen molar-refractivity contribution in [3.05, 3.63) is 36.0 Å². The maximum absolute atomic E-state index is 14.4. The number of benzene rings is 1. The summed E-state index contributed by atoms with van der Waals surface area (Å²) in [6.45, 7) is 17.2. The van der Waals surface area contributed by atoms with Gasteiger partial charge in [-0.15, -0.1) is 6.58 Å². The van der Waals surface area contributed by atoms with Crippen molar-refractivity contribution in [3.8, 4) is 11.6 Å². The fourth-order valence-corrected chi connectivity index (χ4v) is 6.17. The van der Waals surface area contributed by atoms with Gasteiger partial charge in [-0.25, -0.2) is 19.6 Å². The molecule has 11 nitrogen and oxygen atoms in total. The highest BCUT2D eigenvalue weighted by Crippen LogP contribution is 2.49. The number of halogens is 1. The molecule has 2 unspecified atom stereocenters. The first-order valence-corrected chi connectivity index (χ1v) is 16.7. The lowest BCUT2D eigenvalue weighted by atomic mass is 9.85. The summed E-state index contributed by atoms with van der Waals surface area (Å²) < 4.78 is 23.1. The number of likely N-dealkylation sites (tertiary alicyclic amines) is 1. The van der Waals surface area contributed by atoms with E-state index in [-0.39, 0.29) is 36.0 Å². The zero-order valence-corrected chi connectivity index (χ0v) is 29.6. The van der Waals surface area contributed by atoms with Gasteiger partial charge in [0.15, 0.2) is 5.15 Å². The monoisotopic (exact) mass is 672 g/mol. The van der Waals surface area contributed by atoms with Gasteiger partial charge in [-0.2, -0.15) is 0 Å². The average Bonchev–Trinajstić information content (AvgIpc) is 3.51. The molecule has 1 N–H and O–H groups in total. The molecule has 1 saturated carbocycles. The van der Waals surface area contributed by atoms with E-state index in [4.69, 9.17) is 30.5 Å². The minimum atomic E-state index is -1.00. The molecule has 258 valence electrons. The van der Waals surface area contributed by atoms with Crippen LogP contribution in [-0.2, 0) is 19.1 Å². The predicted molar refractivity (Wildman–Crippen MR) is 179 cm³/mol. The summed E-state index contributed by atoms with van der Waals surface area (Å²) >= 11 is 6.49. The lowest BCUT2D eigenvalue weighted by molar-refractivity contribution is -0.156. The summed E-state index contributed by atoms with van der Waals surface area (Å²) in [6, 6.07) is 3.24. The molecule has 0 bridgehead atoms. The average molecular weight is 673 g/mol. The summed E-state index contributed by atoms with van der Waals surface area (Å²) in [5.41, 5.74) is -0.225. The van der Waals surface area contributed by atoms with Gasteiger partial charge in [0.2, 0.25) is 5.91 Å². The molecule has 4 rings (SSSR count). The largest absolute Gasteiger partial charge is 0.497 e. The molecule has 1 aromatic carbocycles. The van der Waals surface area contributed by atoms with Gasteiger partial charge in [-0.3, -0.25) is 4.79 Å². The highest BCUT2D eigenvalue weighted by molar-refractivity contribution is 6.31. The van der Waals surface area contributed by atoms with Gasteiger partial charge in [-0.05, 0) is 56.1 Å². The van der Waals surface area contributed by atoms with Crippen LogP contribution >= 0.6 is 11.6 Å². The Bertz CT molecular complexity index is 1480. The number of amides is 2. The first kappa shape index (κ1) is 36.2. The van der Waals surface area contributed by atoms with Crippen molar-refractivity contribution in [1.82, 2.24) is 20.2 Å². The minimum absolute atomic E-state index is 0.0298. The third kappa shape index (κ3) is 8.66. The Morgan fingerprint density at radius 2 is 1.94 bits per heavy atom. The first-order chi connectivity index (χ1) is 22.1. The van der Waals surface area contributed by atoms with Crippen LogP contribution in [0.2, 0.25) is 5.15 Å². The molecule has 47 heavy (non-hydrogen) atoms. The van der Waals surface area contributed by atoms with Crippen LogP contribution in [0.4, 0.5) is 4.79 Å². The molecule has 2 amide bonds. The molecular weight excluding hydrogens is 624 g/mol. The van der Waals surface area contributed by atoms with Crippen molar-refractivity contribution in [2.24, 2.45) is 23.2 Å². The Balaban J connectivity index is 1.57. The van der Waals surface area contributed by atoms with Crippen molar-refractivity contribution in [1.29, 1.82) is 0 Å². The number of carbonyl (C=O) groups is 3. The van der Waals surface area contributed by atoms with E-state index in [0.717, 1.165) is 25.7 Å². The summed E-state index contributed by atoms with van der Waals surface area (Å²) in [5.74, 6) is -0.470. The van der Waals surface area contributed by atoms with Crippen LogP contribution in [-0.4, -0.2) is 76.9 Å². The second-order valence-electron chi connectivity index (χ2n) is 14.4. The molecule has 2 aromatic rings. The molecule has 12 heteroatoms. The number of carbonyl (C=O) groups excluding carboxylic acids is 3. The molecule has 1 saturated heterocycles. The van der Waals surface area contributed by atoms with Gasteiger partial charge in [0.25, 0.3) is 5.88 Å². The lowest BCUT2D eigenvalue weighted by Crippen LogP contribution is -2.57. The summed E-state index contributed by atoms with van der Waals surface area (Å²) in [5, 5.41) is 2.88. The minimum Gasteiger partial charge on any atom is -0.497 e. The number of hydrogen-bond donors (Lipinski definition) is 1. The predicted octanol–water partition coefficient (Wildman–Crippen LogP) is 6.36. The van der Waals surface area contributed by atoms with Crippen LogP contribution in [0.25, 0.3) is 11.0 Å². The molecule has 1 aliphatic carbocycles. The maximum Gasteiger partial charge on any atom is 0.408 e. The Kier molecular flexibility index (Phi) is 11.3. The van der Waals surface area contributed by atoms with Crippen LogP contribution in [0, 0.1) is 23.2 Å². The van der Waals surface area contributed by atoms with Crippen molar-refractivity contribution in [2.75, 3.05) is 20.3 Å². The standard InChI is InChI=1S/C35H49ClN4O7/c1-10-11-12-13-22-17-35(22,8)47-33(43)39-28(34(5,6)7)31(41)40-18-26(21(4)27(40)32(42)45-19-20(2)3)46-30-29(36)37-24-15-14-23(44-9)16-25(24)38-30/h10,14-16,20-22,26-28H,1,11-13,17-19H2,2-9H3,(H,39,43)/t21-,22?,26+,27+,28-,35?/m1/s1. The third-order valence-electron chi connectivity index (χ3n) is 8.96. The Labute approximate surface area is 282 Å². The van der Waals surface area contributed by atoms with Crippen LogP contribution in [0.3, 0.4) is 0 Å². The van der Waals surface area contributed by atoms with E-state index in [0.29, 0.717) is 16.8 Å². The number of alkyl carbamates (subject to hydrolysis) is 1. The number of fused-ring (bicyclic) bond motifs is 1. The maximum atomic E-state index is 14.4. The molecule has 2 aliphatic rings. The van der Waals surface area contributed by atoms with Crippen LogP contribution in [0.1, 0.15) is 74.1 Å². The smallest absolute Gasteiger partial charge is 0.408 e. The molecule has 2 heterocycles. The topological polar surface area (TPSA) is 129 Å². The van der Waals surface area contributed by atoms with Crippen molar-refractivity contribution in [2.45, 2.75) is 97.9 Å². The Morgan fingerprint density at radius 3 is 2.57 bits per heavy atom. The fourth-order valence-electron chi connectivity index (χ4n) is 6.00. The van der Waals surface area contributed by atoms with Crippen LogP contribution in [0.5, 0.6) is 11.6 Å². The van der Waals surface area contributed by atoms with E-state index in [1.165, 1.54) is 4.90 Å². The Hall–Kier alpha value is -3.60. The molecule has 6 atom stereocenters.